The molecule has 5 heteroatoms. The van der Waals surface area contributed by atoms with Gasteiger partial charge in [0.05, 0.1) is 11.1 Å². The van der Waals surface area contributed by atoms with Crippen LogP contribution in [0.4, 0.5) is 11.5 Å². The fourth-order valence-corrected chi connectivity index (χ4v) is 2.48. The van der Waals surface area contributed by atoms with Crippen molar-refractivity contribution in [3.63, 3.8) is 0 Å². The van der Waals surface area contributed by atoms with Crippen molar-refractivity contribution in [1.29, 1.82) is 0 Å². The molecule has 1 aliphatic rings. The van der Waals surface area contributed by atoms with Gasteiger partial charge in [0.1, 0.15) is 12.1 Å². The molecule has 5 nitrogen and oxygen atoms in total. The van der Waals surface area contributed by atoms with E-state index in [2.05, 4.69) is 15.3 Å². The van der Waals surface area contributed by atoms with Crippen LogP contribution in [0.3, 0.4) is 0 Å². The number of ether oxygens (including phenoxy) is 1. The zero-order chi connectivity index (χ0) is 13.3. The Morgan fingerprint density at radius 1 is 1.37 bits per heavy atom. The van der Waals surface area contributed by atoms with Gasteiger partial charge in [-0.1, -0.05) is 0 Å². The molecule has 3 N–H and O–H groups in total. The van der Waals surface area contributed by atoms with Crippen LogP contribution in [0.1, 0.15) is 19.3 Å². The summed E-state index contributed by atoms with van der Waals surface area (Å²) in [5.41, 5.74) is 7.41. The second kappa shape index (κ2) is 4.66. The normalized spacial score (nSPS) is 17.1. The van der Waals surface area contributed by atoms with E-state index in [1.807, 2.05) is 18.2 Å². The highest BCUT2D eigenvalue weighted by Gasteiger charge is 2.36. The van der Waals surface area contributed by atoms with Crippen LogP contribution in [0.5, 0.6) is 0 Å². The lowest BCUT2D eigenvalue weighted by atomic mass is 9.80. The van der Waals surface area contributed by atoms with Gasteiger partial charge >= 0.3 is 0 Å². The number of rotatable bonds is 4. The van der Waals surface area contributed by atoms with Crippen LogP contribution >= 0.6 is 0 Å². The lowest BCUT2D eigenvalue weighted by Gasteiger charge is -2.40. The molecule has 1 aromatic heterocycles. The van der Waals surface area contributed by atoms with E-state index >= 15 is 0 Å². The van der Waals surface area contributed by atoms with Gasteiger partial charge in [0, 0.05) is 24.7 Å². The van der Waals surface area contributed by atoms with E-state index in [1.165, 1.54) is 6.42 Å². The fourth-order valence-electron chi connectivity index (χ4n) is 2.48. The van der Waals surface area contributed by atoms with E-state index in [0.717, 1.165) is 41.8 Å². The summed E-state index contributed by atoms with van der Waals surface area (Å²) in [5.74, 6) is 0.820. The maximum atomic E-state index is 5.83. The number of hydrogen-bond acceptors (Lipinski definition) is 5. The quantitative estimate of drug-likeness (QED) is 0.822. The van der Waals surface area contributed by atoms with Crippen LogP contribution in [0, 0.1) is 0 Å². The van der Waals surface area contributed by atoms with Crippen molar-refractivity contribution < 1.29 is 4.74 Å². The number of anilines is 2. The first-order valence-electron chi connectivity index (χ1n) is 6.52. The Kier molecular flexibility index (Phi) is 2.98. The molecule has 0 saturated heterocycles. The third kappa shape index (κ3) is 2.21. The molecule has 0 amide bonds. The Balaban J connectivity index is 1.86. The minimum Gasteiger partial charge on any atom is -0.399 e. The molecule has 1 aromatic carbocycles. The van der Waals surface area contributed by atoms with Gasteiger partial charge < -0.3 is 15.8 Å². The third-order valence-electron chi connectivity index (χ3n) is 3.94. The first-order valence-corrected chi connectivity index (χ1v) is 6.52. The van der Waals surface area contributed by atoms with E-state index in [0.29, 0.717) is 0 Å². The maximum Gasteiger partial charge on any atom is 0.137 e. The van der Waals surface area contributed by atoms with E-state index in [9.17, 15) is 0 Å². The molecule has 0 atom stereocenters. The van der Waals surface area contributed by atoms with Gasteiger partial charge in [-0.2, -0.15) is 0 Å². The zero-order valence-corrected chi connectivity index (χ0v) is 11.0. The number of aromatic nitrogens is 2. The highest BCUT2D eigenvalue weighted by molar-refractivity contribution is 5.91. The number of nitrogens with zero attached hydrogens (tertiary/aromatic N) is 2. The van der Waals surface area contributed by atoms with Gasteiger partial charge in [-0.25, -0.2) is 9.97 Å². The molecular formula is C14H18N4O. The molecule has 19 heavy (non-hydrogen) atoms. The average Bonchev–Trinajstić information content (AvgIpc) is 2.38. The van der Waals surface area contributed by atoms with Gasteiger partial charge in [-0.3, -0.25) is 0 Å². The first kappa shape index (κ1) is 12.2. The molecule has 0 unspecified atom stereocenters. The maximum absolute atomic E-state index is 5.83. The minimum absolute atomic E-state index is 0.0302. The van der Waals surface area contributed by atoms with Gasteiger partial charge in [0.15, 0.2) is 0 Å². The molecule has 0 radical (unpaired) electrons. The Morgan fingerprint density at radius 3 is 2.89 bits per heavy atom. The molecule has 1 heterocycles. The summed E-state index contributed by atoms with van der Waals surface area (Å²) in [6.45, 7) is 0.768. The number of methoxy groups -OCH3 is 1. The topological polar surface area (TPSA) is 73.1 Å². The second-order valence-electron chi connectivity index (χ2n) is 5.09. The van der Waals surface area contributed by atoms with E-state index in [-0.39, 0.29) is 5.60 Å². The van der Waals surface area contributed by atoms with Gasteiger partial charge in [-0.15, -0.1) is 0 Å². The molecule has 0 bridgehead atoms. The highest BCUT2D eigenvalue weighted by atomic mass is 16.5. The smallest absolute Gasteiger partial charge is 0.137 e. The van der Waals surface area contributed by atoms with Crippen LogP contribution in [0.25, 0.3) is 10.9 Å². The Bertz CT molecular complexity index is 590. The van der Waals surface area contributed by atoms with Crippen molar-refractivity contribution >= 4 is 22.4 Å². The van der Waals surface area contributed by atoms with Crippen molar-refractivity contribution in [3.05, 3.63) is 24.5 Å². The summed E-state index contributed by atoms with van der Waals surface area (Å²) in [5, 5.41) is 4.33. The SMILES string of the molecule is COC1(CNc2ncnc3ccc(N)cc23)CCC1. The van der Waals surface area contributed by atoms with Crippen molar-refractivity contribution in [2.24, 2.45) is 0 Å². The summed E-state index contributed by atoms with van der Waals surface area (Å²) in [6, 6.07) is 5.66. The summed E-state index contributed by atoms with van der Waals surface area (Å²) in [7, 11) is 1.77. The van der Waals surface area contributed by atoms with Gasteiger partial charge in [0.25, 0.3) is 0 Å². The monoisotopic (exact) mass is 258 g/mol. The number of benzene rings is 1. The zero-order valence-electron chi connectivity index (χ0n) is 11.0. The summed E-state index contributed by atoms with van der Waals surface area (Å²) < 4.78 is 5.60. The molecule has 100 valence electrons. The van der Waals surface area contributed by atoms with E-state index < -0.39 is 0 Å². The lowest BCUT2D eigenvalue weighted by molar-refractivity contribution is -0.0601. The lowest BCUT2D eigenvalue weighted by Crippen LogP contribution is -2.45. The summed E-state index contributed by atoms with van der Waals surface area (Å²) in [6.07, 6.45) is 5.00. The Morgan fingerprint density at radius 2 is 2.21 bits per heavy atom. The standard InChI is InChI=1S/C14H18N4O/c1-19-14(5-2-6-14)8-16-13-11-7-10(15)3-4-12(11)17-9-18-13/h3-4,7,9H,2,5-6,8,15H2,1H3,(H,16,17,18). The summed E-state index contributed by atoms with van der Waals surface area (Å²) >= 11 is 0. The average molecular weight is 258 g/mol. The molecule has 2 aromatic rings. The van der Waals surface area contributed by atoms with Gasteiger partial charge in [-0.05, 0) is 37.5 Å². The minimum atomic E-state index is -0.0302. The molecule has 0 spiro atoms. The largest absolute Gasteiger partial charge is 0.399 e. The number of nitrogens with two attached hydrogens (primary N) is 1. The fraction of sp³-hybridized carbons (Fsp3) is 0.429. The van der Waals surface area contributed by atoms with Crippen molar-refractivity contribution in [3.8, 4) is 0 Å². The van der Waals surface area contributed by atoms with Crippen molar-refractivity contribution in [2.45, 2.75) is 24.9 Å². The van der Waals surface area contributed by atoms with Gasteiger partial charge in [0.2, 0.25) is 0 Å². The number of nitrogens with one attached hydrogen (secondary N) is 1. The number of hydrogen-bond donors (Lipinski definition) is 2. The summed E-state index contributed by atoms with van der Waals surface area (Å²) in [4.78, 5) is 8.55. The molecule has 1 aliphatic carbocycles. The van der Waals surface area contributed by atoms with Crippen LogP contribution in [-0.2, 0) is 4.74 Å². The van der Waals surface area contributed by atoms with E-state index in [4.69, 9.17) is 10.5 Å². The van der Waals surface area contributed by atoms with Crippen molar-refractivity contribution in [2.75, 3.05) is 24.7 Å². The highest BCUT2D eigenvalue weighted by Crippen LogP contribution is 2.35. The molecule has 0 aliphatic heterocycles. The van der Waals surface area contributed by atoms with Crippen LogP contribution < -0.4 is 11.1 Å². The molecule has 1 saturated carbocycles. The van der Waals surface area contributed by atoms with Crippen LogP contribution in [-0.4, -0.2) is 29.2 Å². The Hall–Kier alpha value is -1.88. The predicted octanol–water partition coefficient (Wildman–Crippen LogP) is 2.19. The second-order valence-corrected chi connectivity index (χ2v) is 5.09. The third-order valence-corrected chi connectivity index (χ3v) is 3.94. The van der Waals surface area contributed by atoms with Crippen LogP contribution in [0.15, 0.2) is 24.5 Å². The number of fused-ring (bicyclic) bond motifs is 1. The van der Waals surface area contributed by atoms with E-state index in [1.54, 1.807) is 13.4 Å². The molecule has 3 rings (SSSR count). The Labute approximate surface area is 112 Å². The number of nitrogen functional groups attached to an aromatic ring is 1. The molecule has 1 fully saturated rings. The predicted molar refractivity (Wildman–Crippen MR) is 76.0 cm³/mol. The van der Waals surface area contributed by atoms with Crippen molar-refractivity contribution in [1.82, 2.24) is 9.97 Å². The molecular weight excluding hydrogens is 240 g/mol. The van der Waals surface area contributed by atoms with Crippen LogP contribution in [0.2, 0.25) is 0 Å². The first-order chi connectivity index (χ1) is 9.22.